The van der Waals surface area contributed by atoms with E-state index in [1.54, 1.807) is 25.3 Å². The Kier molecular flexibility index (Phi) is 7.26. The van der Waals surface area contributed by atoms with Crippen molar-refractivity contribution >= 4 is 12.0 Å². The monoisotopic (exact) mass is 350 g/mol. The van der Waals surface area contributed by atoms with Gasteiger partial charge in [0.25, 0.3) is 5.91 Å². The van der Waals surface area contributed by atoms with Crippen molar-refractivity contribution in [3.8, 4) is 17.6 Å². The number of methoxy groups -OCH3 is 1. The van der Waals surface area contributed by atoms with Gasteiger partial charge in [0, 0.05) is 12.1 Å². The van der Waals surface area contributed by atoms with E-state index in [1.165, 1.54) is 6.08 Å². The standard InChI is InChI=1S/C21H22N2O3/c1-3-26-20-17(10-7-11-19(20)25-2)14-18(15-22)21(24)23-13-12-16-8-5-4-6-9-16/h4-11,14H,3,12-13H2,1-2H3,(H,23,24)/b18-14-. The molecule has 2 aromatic carbocycles. The van der Waals surface area contributed by atoms with Gasteiger partial charge >= 0.3 is 0 Å². The zero-order valence-electron chi connectivity index (χ0n) is 15.0. The Morgan fingerprint density at radius 2 is 1.96 bits per heavy atom. The molecule has 0 saturated heterocycles. The molecule has 0 saturated carbocycles. The van der Waals surface area contributed by atoms with Crippen LogP contribution in [-0.4, -0.2) is 26.2 Å². The molecule has 0 radical (unpaired) electrons. The summed E-state index contributed by atoms with van der Waals surface area (Å²) < 4.78 is 10.9. The number of ether oxygens (including phenoxy) is 2. The second-order valence-corrected chi connectivity index (χ2v) is 5.47. The number of para-hydroxylation sites is 1. The predicted molar refractivity (Wildman–Crippen MR) is 101 cm³/mol. The number of nitrogens with one attached hydrogen (secondary N) is 1. The highest BCUT2D eigenvalue weighted by atomic mass is 16.5. The molecule has 0 aliphatic carbocycles. The van der Waals surface area contributed by atoms with Crippen molar-refractivity contribution in [2.45, 2.75) is 13.3 Å². The Morgan fingerprint density at radius 3 is 2.62 bits per heavy atom. The van der Waals surface area contributed by atoms with E-state index in [9.17, 15) is 10.1 Å². The summed E-state index contributed by atoms with van der Waals surface area (Å²) in [4.78, 5) is 12.3. The van der Waals surface area contributed by atoms with Crippen LogP contribution < -0.4 is 14.8 Å². The number of rotatable bonds is 8. The van der Waals surface area contributed by atoms with Crippen molar-refractivity contribution < 1.29 is 14.3 Å². The molecule has 0 aliphatic heterocycles. The van der Waals surface area contributed by atoms with Crippen molar-refractivity contribution in [2.75, 3.05) is 20.3 Å². The molecule has 0 aromatic heterocycles. The minimum atomic E-state index is -0.409. The molecule has 0 heterocycles. The lowest BCUT2D eigenvalue weighted by molar-refractivity contribution is -0.117. The molecule has 0 spiro atoms. The topological polar surface area (TPSA) is 71.3 Å². The van der Waals surface area contributed by atoms with Gasteiger partial charge in [-0.15, -0.1) is 0 Å². The van der Waals surface area contributed by atoms with E-state index in [0.29, 0.717) is 36.6 Å². The maximum Gasteiger partial charge on any atom is 0.261 e. The van der Waals surface area contributed by atoms with Gasteiger partial charge < -0.3 is 14.8 Å². The van der Waals surface area contributed by atoms with Crippen LogP contribution in [0.1, 0.15) is 18.1 Å². The molecule has 0 aliphatic rings. The number of nitriles is 1. The Labute approximate surface area is 153 Å². The zero-order valence-corrected chi connectivity index (χ0v) is 15.0. The molecule has 5 heteroatoms. The van der Waals surface area contributed by atoms with Crippen molar-refractivity contribution in [1.82, 2.24) is 5.32 Å². The Balaban J connectivity index is 2.12. The van der Waals surface area contributed by atoms with Gasteiger partial charge in [-0.25, -0.2) is 0 Å². The summed E-state index contributed by atoms with van der Waals surface area (Å²) in [5.74, 6) is 0.665. The van der Waals surface area contributed by atoms with Gasteiger partial charge in [0.2, 0.25) is 0 Å². The van der Waals surface area contributed by atoms with E-state index in [2.05, 4.69) is 5.32 Å². The number of hydrogen-bond acceptors (Lipinski definition) is 4. The van der Waals surface area contributed by atoms with E-state index in [4.69, 9.17) is 9.47 Å². The number of nitrogens with zero attached hydrogens (tertiary/aromatic N) is 1. The first-order valence-corrected chi connectivity index (χ1v) is 8.43. The summed E-state index contributed by atoms with van der Waals surface area (Å²) >= 11 is 0. The van der Waals surface area contributed by atoms with Crippen LogP contribution in [0.25, 0.3) is 6.08 Å². The third kappa shape index (κ3) is 5.12. The van der Waals surface area contributed by atoms with E-state index >= 15 is 0 Å². The van der Waals surface area contributed by atoms with E-state index < -0.39 is 5.91 Å². The molecule has 134 valence electrons. The molecular weight excluding hydrogens is 328 g/mol. The molecule has 1 amide bonds. The third-order valence-electron chi connectivity index (χ3n) is 3.72. The van der Waals surface area contributed by atoms with Crippen molar-refractivity contribution in [3.63, 3.8) is 0 Å². The molecular formula is C21H22N2O3. The lowest BCUT2D eigenvalue weighted by Crippen LogP contribution is -2.26. The maximum absolute atomic E-state index is 12.3. The molecule has 26 heavy (non-hydrogen) atoms. The zero-order chi connectivity index (χ0) is 18.8. The van der Waals surface area contributed by atoms with E-state index in [0.717, 1.165) is 5.56 Å². The number of amides is 1. The van der Waals surface area contributed by atoms with Crippen LogP contribution in [0.15, 0.2) is 54.1 Å². The van der Waals surface area contributed by atoms with Gasteiger partial charge in [-0.3, -0.25) is 4.79 Å². The molecule has 1 N–H and O–H groups in total. The van der Waals surface area contributed by atoms with Crippen molar-refractivity contribution in [2.24, 2.45) is 0 Å². The Morgan fingerprint density at radius 1 is 1.19 bits per heavy atom. The first-order chi connectivity index (χ1) is 12.7. The fourth-order valence-corrected chi connectivity index (χ4v) is 2.47. The highest BCUT2D eigenvalue weighted by molar-refractivity contribution is 6.02. The van der Waals surface area contributed by atoms with Crippen LogP contribution in [0.3, 0.4) is 0 Å². The molecule has 0 fully saturated rings. The number of carbonyl (C=O) groups is 1. The average molecular weight is 350 g/mol. The van der Waals surface area contributed by atoms with Crippen LogP contribution in [-0.2, 0) is 11.2 Å². The largest absolute Gasteiger partial charge is 0.493 e. The highest BCUT2D eigenvalue weighted by Gasteiger charge is 2.13. The fraction of sp³-hybridized carbons (Fsp3) is 0.238. The summed E-state index contributed by atoms with van der Waals surface area (Å²) in [6.07, 6.45) is 2.22. The van der Waals surface area contributed by atoms with Crippen LogP contribution in [0.2, 0.25) is 0 Å². The Hall–Kier alpha value is -3.26. The van der Waals surface area contributed by atoms with Crippen LogP contribution in [0.4, 0.5) is 0 Å². The quantitative estimate of drug-likeness (QED) is 0.585. The predicted octanol–water partition coefficient (Wildman–Crippen LogP) is 3.36. The number of benzene rings is 2. The summed E-state index contributed by atoms with van der Waals surface area (Å²) in [5, 5.41) is 12.2. The minimum absolute atomic E-state index is 0.0206. The van der Waals surface area contributed by atoms with Crippen LogP contribution in [0, 0.1) is 11.3 Å². The summed E-state index contributed by atoms with van der Waals surface area (Å²) in [6, 6.07) is 17.1. The summed E-state index contributed by atoms with van der Waals surface area (Å²) in [5.41, 5.74) is 1.77. The molecule has 2 rings (SSSR count). The maximum atomic E-state index is 12.3. The van der Waals surface area contributed by atoms with Gasteiger partial charge in [-0.2, -0.15) is 5.26 Å². The lowest BCUT2D eigenvalue weighted by atomic mass is 10.1. The molecule has 0 bridgehead atoms. The smallest absolute Gasteiger partial charge is 0.261 e. The van der Waals surface area contributed by atoms with Crippen molar-refractivity contribution in [1.29, 1.82) is 5.26 Å². The average Bonchev–Trinajstić information content (AvgIpc) is 2.68. The molecule has 0 unspecified atom stereocenters. The normalized spacial score (nSPS) is 10.7. The SMILES string of the molecule is CCOc1c(/C=C(/C#N)C(=O)NCCc2ccccc2)cccc1OC. The van der Waals surface area contributed by atoms with Gasteiger partial charge in [0.15, 0.2) is 11.5 Å². The first-order valence-electron chi connectivity index (χ1n) is 8.43. The van der Waals surface area contributed by atoms with E-state index in [-0.39, 0.29) is 5.57 Å². The molecule has 5 nitrogen and oxygen atoms in total. The van der Waals surface area contributed by atoms with E-state index in [1.807, 2.05) is 43.3 Å². The lowest BCUT2D eigenvalue weighted by Gasteiger charge is -2.12. The molecule has 2 aromatic rings. The number of carbonyl (C=O) groups excluding carboxylic acids is 1. The first kappa shape index (κ1) is 19.1. The second kappa shape index (κ2) is 9.90. The summed E-state index contributed by atoms with van der Waals surface area (Å²) in [7, 11) is 1.55. The fourth-order valence-electron chi connectivity index (χ4n) is 2.47. The molecule has 0 atom stereocenters. The van der Waals surface area contributed by atoms with Gasteiger partial charge in [-0.1, -0.05) is 42.5 Å². The van der Waals surface area contributed by atoms with Crippen LogP contribution >= 0.6 is 0 Å². The van der Waals surface area contributed by atoms with Crippen molar-refractivity contribution in [3.05, 3.63) is 65.2 Å². The minimum Gasteiger partial charge on any atom is -0.493 e. The third-order valence-corrected chi connectivity index (χ3v) is 3.72. The van der Waals surface area contributed by atoms with Gasteiger partial charge in [0.1, 0.15) is 11.6 Å². The van der Waals surface area contributed by atoms with Gasteiger partial charge in [0.05, 0.1) is 13.7 Å². The van der Waals surface area contributed by atoms with Crippen LogP contribution in [0.5, 0.6) is 11.5 Å². The highest BCUT2D eigenvalue weighted by Crippen LogP contribution is 2.32. The summed E-state index contributed by atoms with van der Waals surface area (Å²) in [6.45, 7) is 2.77. The Bertz CT molecular complexity index is 808. The second-order valence-electron chi connectivity index (χ2n) is 5.47. The number of hydrogen-bond donors (Lipinski definition) is 1. The van der Waals surface area contributed by atoms with Gasteiger partial charge in [-0.05, 0) is 31.1 Å².